The molecule has 6 rings (SSSR count). The lowest BCUT2D eigenvalue weighted by Crippen LogP contribution is -2.36. The second kappa shape index (κ2) is 7.31. The highest BCUT2D eigenvalue weighted by Gasteiger charge is 2.43. The quantitative estimate of drug-likeness (QED) is 0.433. The minimum absolute atomic E-state index is 0.0688. The highest BCUT2D eigenvalue weighted by Crippen LogP contribution is 2.40. The summed E-state index contributed by atoms with van der Waals surface area (Å²) in [6, 6.07) is 4.14. The van der Waals surface area contributed by atoms with Crippen LogP contribution >= 0.6 is 0 Å². The van der Waals surface area contributed by atoms with Gasteiger partial charge in [0.2, 0.25) is 0 Å². The minimum Gasteiger partial charge on any atom is -0.477 e. The summed E-state index contributed by atoms with van der Waals surface area (Å²) in [4.78, 5) is 41.6. The van der Waals surface area contributed by atoms with Gasteiger partial charge in [-0.2, -0.15) is 5.10 Å². The third kappa shape index (κ3) is 3.06. The standard InChI is InChI=1S/C23H26N8O3/c1-4-30-15(22(32)31(12-5-6-12)13-7-8-13)9-14-18-19(25-11-24-18)21(26-20(14)30)28(2)17-10-16(23(33)34)29(3)27-17/h9-13H,4-8H2,1-3H3,(H,24,25)(H,33,34). The smallest absolute Gasteiger partial charge is 0.354 e. The van der Waals surface area contributed by atoms with Crippen molar-refractivity contribution in [3.63, 3.8) is 0 Å². The molecule has 0 aromatic carbocycles. The number of anilines is 2. The first-order valence-corrected chi connectivity index (χ1v) is 11.6. The van der Waals surface area contributed by atoms with Crippen molar-refractivity contribution in [3.05, 3.63) is 29.8 Å². The van der Waals surface area contributed by atoms with E-state index >= 15 is 0 Å². The van der Waals surface area contributed by atoms with Crippen LogP contribution in [-0.4, -0.2) is 70.3 Å². The molecule has 2 aliphatic rings. The van der Waals surface area contributed by atoms with E-state index in [4.69, 9.17) is 4.98 Å². The topological polar surface area (TPSA) is 125 Å². The van der Waals surface area contributed by atoms with E-state index in [1.807, 2.05) is 17.6 Å². The molecule has 0 aliphatic heterocycles. The zero-order valence-corrected chi connectivity index (χ0v) is 19.3. The number of aromatic nitrogens is 6. The lowest BCUT2D eigenvalue weighted by Gasteiger charge is -2.22. The highest BCUT2D eigenvalue weighted by atomic mass is 16.4. The molecule has 176 valence electrons. The van der Waals surface area contributed by atoms with Crippen LogP contribution in [0.4, 0.5) is 11.6 Å². The molecule has 34 heavy (non-hydrogen) atoms. The number of hydrogen-bond donors (Lipinski definition) is 2. The number of hydrogen-bond acceptors (Lipinski definition) is 6. The van der Waals surface area contributed by atoms with E-state index in [0.717, 1.165) is 31.1 Å². The van der Waals surface area contributed by atoms with E-state index in [1.165, 1.54) is 10.7 Å². The number of fused-ring (bicyclic) bond motifs is 3. The molecule has 11 nitrogen and oxygen atoms in total. The number of pyridine rings is 1. The molecule has 4 aromatic heterocycles. The predicted molar refractivity (Wildman–Crippen MR) is 126 cm³/mol. The van der Waals surface area contributed by atoms with Crippen molar-refractivity contribution in [2.75, 3.05) is 11.9 Å². The van der Waals surface area contributed by atoms with Gasteiger partial charge < -0.3 is 24.5 Å². The number of aromatic carboxylic acids is 1. The zero-order chi connectivity index (χ0) is 23.7. The normalized spacial score (nSPS) is 15.9. The number of carbonyl (C=O) groups excluding carboxylic acids is 1. The Morgan fingerprint density at radius 3 is 2.47 bits per heavy atom. The van der Waals surface area contributed by atoms with Gasteiger partial charge in [0, 0.05) is 44.2 Å². The highest BCUT2D eigenvalue weighted by molar-refractivity contribution is 6.10. The average Bonchev–Trinajstić information content (AvgIpc) is 3.70. The van der Waals surface area contributed by atoms with Crippen LogP contribution < -0.4 is 4.90 Å². The van der Waals surface area contributed by atoms with Crippen LogP contribution in [0, 0.1) is 0 Å². The van der Waals surface area contributed by atoms with Crippen molar-refractivity contribution in [1.29, 1.82) is 0 Å². The van der Waals surface area contributed by atoms with Gasteiger partial charge in [-0.3, -0.25) is 9.48 Å². The number of carboxylic acids is 1. The zero-order valence-electron chi connectivity index (χ0n) is 19.3. The Hall–Kier alpha value is -3.89. The number of carboxylic acid groups (broad SMARTS) is 1. The number of aromatic amines is 1. The van der Waals surface area contributed by atoms with Crippen LogP contribution in [0.2, 0.25) is 0 Å². The van der Waals surface area contributed by atoms with Crippen LogP contribution in [0.15, 0.2) is 18.5 Å². The molecule has 4 aromatic rings. The van der Waals surface area contributed by atoms with Crippen molar-refractivity contribution < 1.29 is 14.7 Å². The average molecular weight is 463 g/mol. The first-order valence-electron chi connectivity index (χ1n) is 11.6. The lowest BCUT2D eigenvalue weighted by molar-refractivity contribution is 0.0682. The Kier molecular flexibility index (Phi) is 4.45. The van der Waals surface area contributed by atoms with Crippen LogP contribution in [0.25, 0.3) is 22.1 Å². The van der Waals surface area contributed by atoms with Crippen LogP contribution in [0.5, 0.6) is 0 Å². The fourth-order valence-electron chi connectivity index (χ4n) is 4.79. The molecular formula is C23H26N8O3. The fourth-order valence-corrected chi connectivity index (χ4v) is 4.79. The third-order valence-corrected chi connectivity index (χ3v) is 6.80. The van der Waals surface area contributed by atoms with E-state index in [0.29, 0.717) is 52.6 Å². The Labute approximate surface area is 195 Å². The van der Waals surface area contributed by atoms with E-state index in [2.05, 4.69) is 20.0 Å². The van der Waals surface area contributed by atoms with Gasteiger partial charge in [-0.05, 0) is 38.7 Å². The molecule has 0 radical (unpaired) electrons. The number of amides is 1. The van der Waals surface area contributed by atoms with Crippen molar-refractivity contribution in [2.45, 2.75) is 51.2 Å². The summed E-state index contributed by atoms with van der Waals surface area (Å²) in [5.74, 6) is 0.0215. The summed E-state index contributed by atoms with van der Waals surface area (Å²) >= 11 is 0. The fraction of sp³-hybridized carbons (Fsp3) is 0.435. The number of nitrogens with one attached hydrogen (secondary N) is 1. The molecule has 0 spiro atoms. The van der Waals surface area contributed by atoms with E-state index in [1.54, 1.807) is 25.3 Å². The monoisotopic (exact) mass is 462 g/mol. The molecule has 0 bridgehead atoms. The summed E-state index contributed by atoms with van der Waals surface area (Å²) < 4.78 is 3.29. The molecule has 2 saturated carbocycles. The van der Waals surface area contributed by atoms with Crippen LogP contribution in [0.1, 0.15) is 53.6 Å². The van der Waals surface area contributed by atoms with Gasteiger partial charge in [0.25, 0.3) is 5.91 Å². The number of rotatable bonds is 7. The van der Waals surface area contributed by atoms with E-state index in [9.17, 15) is 14.7 Å². The largest absolute Gasteiger partial charge is 0.477 e. The molecule has 0 saturated heterocycles. The van der Waals surface area contributed by atoms with Gasteiger partial charge in [0.05, 0.1) is 6.33 Å². The number of nitrogens with zero attached hydrogens (tertiary/aromatic N) is 7. The predicted octanol–water partition coefficient (Wildman–Crippen LogP) is 2.90. The molecule has 0 atom stereocenters. The Morgan fingerprint density at radius 1 is 1.18 bits per heavy atom. The van der Waals surface area contributed by atoms with E-state index in [-0.39, 0.29) is 11.6 Å². The Morgan fingerprint density at radius 2 is 1.88 bits per heavy atom. The lowest BCUT2D eigenvalue weighted by atomic mass is 10.2. The first-order chi connectivity index (χ1) is 16.4. The second-order valence-corrected chi connectivity index (χ2v) is 9.12. The molecule has 0 unspecified atom stereocenters. The van der Waals surface area contributed by atoms with Gasteiger partial charge in [-0.15, -0.1) is 0 Å². The van der Waals surface area contributed by atoms with Gasteiger partial charge >= 0.3 is 5.97 Å². The Bertz CT molecular complexity index is 1440. The van der Waals surface area contributed by atoms with Crippen LogP contribution in [-0.2, 0) is 13.6 Å². The third-order valence-electron chi connectivity index (χ3n) is 6.80. The number of aryl methyl sites for hydroxylation is 2. The summed E-state index contributed by atoms with van der Waals surface area (Å²) in [5, 5.41) is 14.6. The van der Waals surface area contributed by atoms with Crippen molar-refractivity contribution >= 4 is 45.6 Å². The number of H-pyrrole nitrogens is 1. The maximum atomic E-state index is 13.6. The minimum atomic E-state index is -1.05. The maximum Gasteiger partial charge on any atom is 0.354 e. The molecule has 2 fully saturated rings. The molecule has 2 aliphatic carbocycles. The molecule has 4 heterocycles. The maximum absolute atomic E-state index is 13.6. The van der Waals surface area contributed by atoms with Crippen molar-refractivity contribution in [2.24, 2.45) is 7.05 Å². The SMILES string of the molecule is CCn1c(C(=O)N(C2CC2)C2CC2)cc2c3nc[nH]c3c(N(C)c3cc(C(=O)O)n(C)n3)nc21. The second-order valence-electron chi connectivity index (χ2n) is 9.12. The van der Waals surface area contributed by atoms with Gasteiger partial charge in [0.15, 0.2) is 11.6 Å². The van der Waals surface area contributed by atoms with Gasteiger partial charge in [0.1, 0.15) is 28.1 Å². The van der Waals surface area contributed by atoms with Gasteiger partial charge in [-0.25, -0.2) is 14.8 Å². The Balaban J connectivity index is 1.50. The molecule has 1 amide bonds. The van der Waals surface area contributed by atoms with Crippen molar-refractivity contribution in [3.8, 4) is 0 Å². The first kappa shape index (κ1) is 20.7. The summed E-state index contributed by atoms with van der Waals surface area (Å²) in [5.41, 5.74) is 2.80. The summed E-state index contributed by atoms with van der Waals surface area (Å²) in [7, 11) is 3.38. The van der Waals surface area contributed by atoms with Gasteiger partial charge in [-0.1, -0.05) is 0 Å². The van der Waals surface area contributed by atoms with Crippen LogP contribution in [0.3, 0.4) is 0 Å². The van der Waals surface area contributed by atoms with E-state index < -0.39 is 5.97 Å². The number of carbonyl (C=O) groups is 2. The number of imidazole rings is 1. The molecule has 2 N–H and O–H groups in total. The summed E-state index contributed by atoms with van der Waals surface area (Å²) in [6.07, 6.45) is 5.92. The summed E-state index contributed by atoms with van der Waals surface area (Å²) in [6.45, 7) is 2.60. The van der Waals surface area contributed by atoms with Crippen molar-refractivity contribution in [1.82, 2.24) is 34.2 Å². The molecule has 11 heteroatoms. The molecular weight excluding hydrogens is 436 g/mol.